The Kier molecular flexibility index (Phi) is 4.97. The van der Waals surface area contributed by atoms with Crippen LogP contribution in [0.2, 0.25) is 0 Å². The Labute approximate surface area is 125 Å². The van der Waals surface area contributed by atoms with Gasteiger partial charge in [-0.2, -0.15) is 0 Å². The zero-order valence-corrected chi connectivity index (χ0v) is 12.8. The number of nitrogens with one attached hydrogen (secondary N) is 2. The van der Waals surface area contributed by atoms with Crippen molar-refractivity contribution in [3.8, 4) is 0 Å². The standard InChI is InChI=1S/C14H21N3O3S/c1-10(14(18)16-13-6-7-13)17-21(19,20)9-12-4-2-11(8-15)3-5-12/h2-5,10,13,17H,6-9,15H2,1H3,(H,16,18). The van der Waals surface area contributed by atoms with E-state index in [0.717, 1.165) is 18.4 Å². The Hall–Kier alpha value is -1.44. The molecule has 0 bridgehead atoms. The van der Waals surface area contributed by atoms with Gasteiger partial charge in [-0.3, -0.25) is 4.79 Å². The van der Waals surface area contributed by atoms with Crippen molar-refractivity contribution in [2.75, 3.05) is 0 Å². The Morgan fingerprint density at radius 3 is 2.38 bits per heavy atom. The molecule has 7 heteroatoms. The first kappa shape index (κ1) is 15.9. The fraction of sp³-hybridized carbons (Fsp3) is 0.500. The number of hydrogen-bond donors (Lipinski definition) is 3. The molecule has 1 atom stereocenters. The molecule has 0 aromatic heterocycles. The number of carbonyl (C=O) groups excluding carboxylic acids is 1. The minimum Gasteiger partial charge on any atom is -0.352 e. The molecule has 0 saturated heterocycles. The number of hydrogen-bond acceptors (Lipinski definition) is 4. The highest BCUT2D eigenvalue weighted by molar-refractivity contribution is 7.88. The normalized spacial score (nSPS) is 16.5. The van der Waals surface area contributed by atoms with Crippen LogP contribution in [0.15, 0.2) is 24.3 Å². The molecule has 1 unspecified atom stereocenters. The predicted octanol–water partition coefficient (Wildman–Crippen LogP) is 0.232. The summed E-state index contributed by atoms with van der Waals surface area (Å²) in [6.45, 7) is 1.97. The third kappa shape index (κ3) is 5.11. The second-order valence-corrected chi connectivity index (χ2v) is 7.16. The molecule has 0 spiro atoms. The third-order valence-corrected chi connectivity index (χ3v) is 4.71. The van der Waals surface area contributed by atoms with E-state index in [2.05, 4.69) is 10.0 Å². The van der Waals surface area contributed by atoms with Gasteiger partial charge in [0, 0.05) is 12.6 Å². The van der Waals surface area contributed by atoms with Gasteiger partial charge < -0.3 is 11.1 Å². The molecule has 1 fully saturated rings. The molecule has 1 aromatic rings. The summed E-state index contributed by atoms with van der Waals surface area (Å²) in [5.41, 5.74) is 7.10. The van der Waals surface area contributed by atoms with Crippen molar-refractivity contribution in [3.63, 3.8) is 0 Å². The van der Waals surface area contributed by atoms with Crippen LogP contribution < -0.4 is 15.8 Å². The number of sulfonamides is 1. The molecule has 2 rings (SSSR count). The lowest BCUT2D eigenvalue weighted by atomic mass is 10.1. The van der Waals surface area contributed by atoms with Gasteiger partial charge in [0.1, 0.15) is 0 Å². The van der Waals surface area contributed by atoms with E-state index in [4.69, 9.17) is 5.73 Å². The van der Waals surface area contributed by atoms with Crippen LogP contribution in [-0.2, 0) is 27.1 Å². The van der Waals surface area contributed by atoms with Crippen LogP contribution >= 0.6 is 0 Å². The van der Waals surface area contributed by atoms with Gasteiger partial charge in [0.15, 0.2) is 0 Å². The zero-order valence-electron chi connectivity index (χ0n) is 12.0. The lowest BCUT2D eigenvalue weighted by molar-refractivity contribution is -0.122. The van der Waals surface area contributed by atoms with Crippen LogP contribution in [0, 0.1) is 0 Å². The van der Waals surface area contributed by atoms with Crippen molar-refractivity contribution >= 4 is 15.9 Å². The predicted molar refractivity (Wildman–Crippen MR) is 80.7 cm³/mol. The molecule has 116 valence electrons. The molecular weight excluding hydrogens is 290 g/mol. The SMILES string of the molecule is CC(NS(=O)(=O)Cc1ccc(CN)cc1)C(=O)NC1CC1. The number of benzene rings is 1. The monoisotopic (exact) mass is 311 g/mol. The maximum atomic E-state index is 12.1. The van der Waals surface area contributed by atoms with Gasteiger partial charge in [-0.25, -0.2) is 13.1 Å². The van der Waals surface area contributed by atoms with Gasteiger partial charge >= 0.3 is 0 Å². The highest BCUT2D eigenvalue weighted by Crippen LogP contribution is 2.18. The molecule has 21 heavy (non-hydrogen) atoms. The summed E-state index contributed by atoms with van der Waals surface area (Å²) < 4.78 is 26.5. The minimum atomic E-state index is -3.56. The van der Waals surface area contributed by atoms with Gasteiger partial charge in [0.25, 0.3) is 0 Å². The summed E-state index contributed by atoms with van der Waals surface area (Å²) in [4.78, 5) is 11.8. The Morgan fingerprint density at radius 1 is 1.29 bits per heavy atom. The molecule has 6 nitrogen and oxygen atoms in total. The zero-order chi connectivity index (χ0) is 15.5. The van der Waals surface area contributed by atoms with E-state index in [1.165, 1.54) is 0 Å². The van der Waals surface area contributed by atoms with Crippen LogP contribution in [-0.4, -0.2) is 26.4 Å². The average Bonchev–Trinajstić information content (AvgIpc) is 3.22. The second-order valence-electron chi connectivity index (χ2n) is 5.40. The topological polar surface area (TPSA) is 101 Å². The van der Waals surface area contributed by atoms with E-state index in [9.17, 15) is 13.2 Å². The number of rotatable bonds is 7. The molecule has 1 aliphatic carbocycles. The van der Waals surface area contributed by atoms with E-state index in [1.807, 2.05) is 0 Å². The van der Waals surface area contributed by atoms with Crippen LogP contribution in [0.4, 0.5) is 0 Å². The number of carbonyl (C=O) groups is 1. The fourth-order valence-electron chi connectivity index (χ4n) is 1.91. The Balaban J connectivity index is 1.91. The van der Waals surface area contributed by atoms with Gasteiger partial charge in [-0.15, -0.1) is 0 Å². The fourth-order valence-corrected chi connectivity index (χ4v) is 3.27. The largest absolute Gasteiger partial charge is 0.352 e. The summed E-state index contributed by atoms with van der Waals surface area (Å²) in [5, 5.41) is 2.78. The van der Waals surface area contributed by atoms with Crippen LogP contribution in [0.3, 0.4) is 0 Å². The highest BCUT2D eigenvalue weighted by Gasteiger charge is 2.27. The lowest BCUT2D eigenvalue weighted by Crippen LogP contribution is -2.45. The number of nitrogens with two attached hydrogens (primary N) is 1. The van der Waals surface area contributed by atoms with Crippen molar-refractivity contribution in [1.29, 1.82) is 0 Å². The summed E-state index contributed by atoms with van der Waals surface area (Å²) in [6, 6.07) is 6.52. The Bertz CT molecular complexity index is 594. The first-order valence-electron chi connectivity index (χ1n) is 6.98. The van der Waals surface area contributed by atoms with Crippen molar-refractivity contribution in [2.24, 2.45) is 5.73 Å². The van der Waals surface area contributed by atoms with Gasteiger partial charge in [-0.1, -0.05) is 24.3 Å². The Morgan fingerprint density at radius 2 is 1.86 bits per heavy atom. The van der Waals surface area contributed by atoms with E-state index in [-0.39, 0.29) is 17.7 Å². The van der Waals surface area contributed by atoms with Crippen LogP contribution in [0.5, 0.6) is 0 Å². The first-order chi connectivity index (χ1) is 9.89. The quantitative estimate of drug-likeness (QED) is 0.671. The van der Waals surface area contributed by atoms with E-state index in [1.54, 1.807) is 31.2 Å². The van der Waals surface area contributed by atoms with Gasteiger partial charge in [0.05, 0.1) is 11.8 Å². The molecule has 1 aliphatic rings. The van der Waals surface area contributed by atoms with E-state index in [0.29, 0.717) is 12.1 Å². The van der Waals surface area contributed by atoms with Gasteiger partial charge in [0.2, 0.25) is 15.9 Å². The maximum Gasteiger partial charge on any atom is 0.238 e. The van der Waals surface area contributed by atoms with Crippen molar-refractivity contribution in [2.45, 2.75) is 44.1 Å². The third-order valence-electron chi connectivity index (χ3n) is 3.29. The molecule has 1 amide bonds. The first-order valence-corrected chi connectivity index (χ1v) is 8.63. The summed E-state index contributed by atoms with van der Waals surface area (Å²) in [5.74, 6) is -0.432. The molecule has 1 saturated carbocycles. The molecule has 0 aliphatic heterocycles. The summed E-state index contributed by atoms with van der Waals surface area (Å²) >= 11 is 0. The second kappa shape index (κ2) is 6.55. The smallest absolute Gasteiger partial charge is 0.238 e. The maximum absolute atomic E-state index is 12.1. The summed E-state index contributed by atoms with van der Waals surface area (Å²) in [7, 11) is -3.56. The van der Waals surface area contributed by atoms with Crippen molar-refractivity contribution < 1.29 is 13.2 Å². The molecular formula is C14H21N3O3S. The van der Waals surface area contributed by atoms with Gasteiger partial charge in [-0.05, 0) is 30.9 Å². The summed E-state index contributed by atoms with van der Waals surface area (Å²) in [6.07, 6.45) is 1.94. The minimum absolute atomic E-state index is 0.154. The van der Waals surface area contributed by atoms with Crippen LogP contribution in [0.1, 0.15) is 30.9 Å². The van der Waals surface area contributed by atoms with Crippen molar-refractivity contribution in [1.82, 2.24) is 10.0 Å². The lowest BCUT2D eigenvalue weighted by Gasteiger charge is -2.14. The molecule has 0 radical (unpaired) electrons. The number of amides is 1. The average molecular weight is 311 g/mol. The molecule has 4 N–H and O–H groups in total. The molecule has 1 aromatic carbocycles. The van der Waals surface area contributed by atoms with Crippen molar-refractivity contribution in [3.05, 3.63) is 35.4 Å². The van der Waals surface area contributed by atoms with E-state index < -0.39 is 16.1 Å². The molecule has 0 heterocycles. The van der Waals surface area contributed by atoms with E-state index >= 15 is 0 Å². The highest BCUT2D eigenvalue weighted by atomic mass is 32.2. The van der Waals surface area contributed by atoms with Crippen LogP contribution in [0.25, 0.3) is 0 Å².